The third-order valence-corrected chi connectivity index (χ3v) is 2.71. The van der Waals surface area contributed by atoms with Crippen LogP contribution < -0.4 is 0 Å². The van der Waals surface area contributed by atoms with Crippen LogP contribution in [-0.2, 0) is 0 Å². The molecule has 2 rings (SSSR count). The molecule has 0 spiro atoms. The molecule has 0 atom stereocenters. The van der Waals surface area contributed by atoms with E-state index in [-0.39, 0.29) is 11.5 Å². The van der Waals surface area contributed by atoms with Gasteiger partial charge in [-0.05, 0) is 35.4 Å². The second kappa shape index (κ2) is 6.59. The van der Waals surface area contributed by atoms with Crippen LogP contribution in [0.3, 0.4) is 0 Å². The van der Waals surface area contributed by atoms with Gasteiger partial charge in [-0.25, -0.2) is 0 Å². The van der Waals surface area contributed by atoms with Crippen LogP contribution >= 0.6 is 0 Å². The minimum absolute atomic E-state index is 0.192. The highest BCUT2D eigenvalue weighted by Gasteiger charge is 1.95. The molecule has 0 aliphatic heterocycles. The van der Waals surface area contributed by atoms with Crippen LogP contribution in [0.5, 0.6) is 11.5 Å². The summed E-state index contributed by atoms with van der Waals surface area (Å²) < 4.78 is 0. The molecule has 0 heterocycles. The van der Waals surface area contributed by atoms with Gasteiger partial charge < -0.3 is 15.3 Å². The molecule has 0 aliphatic carbocycles. The number of hydrogen-bond acceptors (Lipinski definition) is 3. The monoisotopic (exact) mass is 268 g/mol. The highest BCUT2D eigenvalue weighted by molar-refractivity contribution is 5.55. The van der Waals surface area contributed by atoms with Gasteiger partial charge in [0.25, 0.3) is 0 Å². The van der Waals surface area contributed by atoms with Gasteiger partial charge in [-0.1, -0.05) is 48.6 Å². The van der Waals surface area contributed by atoms with Crippen LogP contribution in [0.1, 0.15) is 11.1 Å². The van der Waals surface area contributed by atoms with Crippen molar-refractivity contribution in [3.63, 3.8) is 0 Å². The maximum atomic E-state index is 9.81. The maximum Gasteiger partial charge on any atom is 0.116 e. The van der Waals surface area contributed by atoms with Crippen molar-refractivity contribution in [3.05, 3.63) is 71.8 Å². The Bertz CT molecular complexity index is 574. The Morgan fingerprint density at radius 1 is 0.750 bits per heavy atom. The number of phenolic OH excluding ortho intramolecular Hbond substituents is 2. The van der Waals surface area contributed by atoms with Crippen LogP contribution in [-0.4, -0.2) is 21.4 Å². The second-order valence-corrected chi connectivity index (χ2v) is 4.40. The zero-order valence-electron chi connectivity index (χ0n) is 10.8. The average Bonchev–Trinajstić information content (AvgIpc) is 2.43. The molecule has 0 bridgehead atoms. The highest BCUT2D eigenvalue weighted by atomic mass is 16.3. The van der Waals surface area contributed by atoms with Gasteiger partial charge in [-0.15, -0.1) is 0 Å². The van der Waals surface area contributed by atoms with Crippen LogP contribution in [0.25, 0.3) is 12.2 Å². The molecular formula is C17H16O3. The Morgan fingerprint density at radius 2 is 1.20 bits per heavy atom. The number of phenols is 2. The van der Waals surface area contributed by atoms with Crippen molar-refractivity contribution >= 4 is 12.2 Å². The van der Waals surface area contributed by atoms with Crippen LogP contribution in [0.2, 0.25) is 0 Å². The van der Waals surface area contributed by atoms with Gasteiger partial charge in [0, 0.05) is 0 Å². The third-order valence-electron chi connectivity index (χ3n) is 2.71. The minimum Gasteiger partial charge on any atom is -0.508 e. The first-order valence-corrected chi connectivity index (χ1v) is 6.26. The van der Waals surface area contributed by atoms with E-state index in [2.05, 4.69) is 0 Å². The Labute approximate surface area is 117 Å². The van der Waals surface area contributed by atoms with Gasteiger partial charge in [0.1, 0.15) is 11.5 Å². The van der Waals surface area contributed by atoms with E-state index in [0.29, 0.717) is 0 Å². The molecule has 0 saturated heterocycles. The minimum atomic E-state index is -0.736. The third kappa shape index (κ3) is 4.30. The smallest absolute Gasteiger partial charge is 0.116 e. The van der Waals surface area contributed by atoms with E-state index in [1.807, 2.05) is 12.1 Å². The average molecular weight is 268 g/mol. The molecule has 0 fully saturated rings. The first kappa shape index (κ1) is 13.9. The summed E-state index contributed by atoms with van der Waals surface area (Å²) in [4.78, 5) is 0. The van der Waals surface area contributed by atoms with Crippen molar-refractivity contribution in [3.8, 4) is 11.5 Å². The summed E-state index contributed by atoms with van der Waals surface area (Å²) in [5, 5.41) is 28.5. The van der Waals surface area contributed by atoms with E-state index in [4.69, 9.17) is 0 Å². The molecule has 0 amide bonds. The zero-order chi connectivity index (χ0) is 14.4. The molecule has 3 N–H and O–H groups in total. The largest absolute Gasteiger partial charge is 0.508 e. The Morgan fingerprint density at radius 3 is 1.60 bits per heavy atom. The van der Waals surface area contributed by atoms with E-state index in [9.17, 15) is 15.3 Å². The molecular weight excluding hydrogens is 252 g/mol. The molecule has 0 radical (unpaired) electrons. The summed E-state index contributed by atoms with van der Waals surface area (Å²) in [5.41, 5.74) is 1.63. The predicted octanol–water partition coefficient (Wildman–Crippen LogP) is 3.19. The summed E-state index contributed by atoms with van der Waals surface area (Å²) in [6, 6.07) is 13.6. The number of aliphatic hydroxyl groups excluding tert-OH is 1. The van der Waals surface area contributed by atoms with Crippen molar-refractivity contribution in [1.82, 2.24) is 0 Å². The van der Waals surface area contributed by atoms with E-state index >= 15 is 0 Å². The van der Waals surface area contributed by atoms with Crippen LogP contribution in [0, 0.1) is 0 Å². The van der Waals surface area contributed by atoms with Crippen molar-refractivity contribution in [2.75, 3.05) is 0 Å². The molecule has 3 nitrogen and oxygen atoms in total. The fraction of sp³-hybridized carbons (Fsp3) is 0.0588. The van der Waals surface area contributed by atoms with Gasteiger partial charge in [-0.2, -0.15) is 0 Å². The summed E-state index contributed by atoms with van der Waals surface area (Å²) >= 11 is 0. The number of benzene rings is 2. The molecule has 0 unspecified atom stereocenters. The topological polar surface area (TPSA) is 60.7 Å². The van der Waals surface area contributed by atoms with Crippen molar-refractivity contribution in [2.24, 2.45) is 0 Å². The Hall–Kier alpha value is -2.52. The summed E-state index contributed by atoms with van der Waals surface area (Å²) in [6.07, 6.45) is 5.97. The lowest BCUT2D eigenvalue weighted by atomic mass is 10.1. The number of hydrogen-bond donors (Lipinski definition) is 3. The molecule has 0 aromatic heterocycles. The Balaban J connectivity index is 2.00. The number of aromatic hydroxyl groups is 2. The van der Waals surface area contributed by atoms with Gasteiger partial charge in [0.15, 0.2) is 0 Å². The second-order valence-electron chi connectivity index (χ2n) is 4.40. The summed E-state index contributed by atoms with van der Waals surface area (Å²) in [5.74, 6) is 0.383. The number of aliphatic hydroxyl groups is 1. The van der Waals surface area contributed by atoms with Crippen LogP contribution in [0.4, 0.5) is 0 Å². The predicted molar refractivity (Wildman–Crippen MR) is 80.3 cm³/mol. The number of rotatable bonds is 4. The first-order valence-electron chi connectivity index (χ1n) is 6.26. The lowest BCUT2D eigenvalue weighted by molar-refractivity contribution is 0.273. The van der Waals surface area contributed by atoms with Gasteiger partial charge in [0.2, 0.25) is 0 Å². The molecule has 20 heavy (non-hydrogen) atoms. The summed E-state index contributed by atoms with van der Waals surface area (Å²) in [6.45, 7) is 0. The fourth-order valence-electron chi connectivity index (χ4n) is 1.74. The highest BCUT2D eigenvalue weighted by Crippen LogP contribution is 2.14. The standard InChI is InChI=1S/C17H16O3/c18-15(9-7-13-3-1-5-16(19)11-13)10-8-14-4-2-6-17(20)12-14/h1-12,15,18-20H. The van der Waals surface area contributed by atoms with E-state index < -0.39 is 6.10 Å². The van der Waals surface area contributed by atoms with Gasteiger partial charge in [0.05, 0.1) is 6.10 Å². The fourth-order valence-corrected chi connectivity index (χ4v) is 1.74. The van der Waals surface area contributed by atoms with Gasteiger partial charge >= 0.3 is 0 Å². The van der Waals surface area contributed by atoms with Crippen molar-refractivity contribution in [2.45, 2.75) is 6.10 Å². The normalized spacial score (nSPS) is 13.1. The maximum absolute atomic E-state index is 9.81. The molecule has 102 valence electrons. The molecule has 3 heteroatoms. The molecule has 0 saturated carbocycles. The first-order chi connectivity index (χ1) is 9.63. The zero-order valence-corrected chi connectivity index (χ0v) is 10.8. The quantitative estimate of drug-likeness (QED) is 0.798. The lowest BCUT2D eigenvalue weighted by Gasteiger charge is -1.99. The van der Waals surface area contributed by atoms with Gasteiger partial charge in [-0.3, -0.25) is 0 Å². The summed E-state index contributed by atoms with van der Waals surface area (Å²) in [7, 11) is 0. The van der Waals surface area contributed by atoms with E-state index in [1.165, 1.54) is 0 Å². The molecule has 2 aromatic carbocycles. The van der Waals surface area contributed by atoms with Crippen molar-refractivity contribution < 1.29 is 15.3 Å². The van der Waals surface area contributed by atoms with E-state index in [1.54, 1.807) is 60.7 Å². The van der Waals surface area contributed by atoms with E-state index in [0.717, 1.165) is 11.1 Å². The Kier molecular flexibility index (Phi) is 4.58. The van der Waals surface area contributed by atoms with Crippen LogP contribution in [0.15, 0.2) is 60.7 Å². The van der Waals surface area contributed by atoms with Crippen molar-refractivity contribution in [1.29, 1.82) is 0 Å². The SMILES string of the molecule is Oc1cccc(C=CC(O)C=Cc2cccc(O)c2)c1. The molecule has 2 aromatic rings. The molecule has 0 aliphatic rings. The lowest BCUT2D eigenvalue weighted by Crippen LogP contribution is -1.95.